The topological polar surface area (TPSA) is 42.0 Å². The molecule has 2 atom stereocenters. The molecule has 0 spiro atoms. The molecular formula is C14H16ClF3N2O. The molecule has 2 unspecified atom stereocenters. The predicted octanol–water partition coefficient (Wildman–Crippen LogP) is 4.35. The van der Waals surface area contributed by atoms with Gasteiger partial charge in [0.25, 0.3) is 0 Å². The first-order valence-electron chi connectivity index (χ1n) is 6.77. The lowest BCUT2D eigenvalue weighted by Gasteiger charge is -2.29. The summed E-state index contributed by atoms with van der Waals surface area (Å²) in [6.07, 6.45) is -1.96. The number of carbonyl (C=O) groups excluding carboxylic acids is 1. The van der Waals surface area contributed by atoms with Crippen LogP contribution in [0.3, 0.4) is 0 Å². The van der Waals surface area contributed by atoms with Gasteiger partial charge in [0, 0.05) is 5.92 Å². The average Bonchev–Trinajstić information content (AvgIpc) is 2.42. The third-order valence-corrected chi connectivity index (χ3v) is 4.19. The maximum Gasteiger partial charge on any atom is 0.391 e. The van der Waals surface area contributed by atoms with Crippen LogP contribution in [-0.4, -0.2) is 17.1 Å². The van der Waals surface area contributed by atoms with Gasteiger partial charge in [0.1, 0.15) is 5.15 Å². The van der Waals surface area contributed by atoms with E-state index in [4.69, 9.17) is 11.6 Å². The van der Waals surface area contributed by atoms with Crippen molar-refractivity contribution >= 4 is 23.2 Å². The van der Waals surface area contributed by atoms with Gasteiger partial charge in [-0.2, -0.15) is 13.2 Å². The molecule has 1 N–H and O–H groups in total. The van der Waals surface area contributed by atoms with E-state index in [9.17, 15) is 18.0 Å². The number of hydrogen-bond acceptors (Lipinski definition) is 2. The number of anilines is 1. The maximum absolute atomic E-state index is 12.7. The number of carbonyl (C=O) groups is 1. The molecule has 0 saturated heterocycles. The summed E-state index contributed by atoms with van der Waals surface area (Å²) in [4.78, 5) is 16.0. The fourth-order valence-corrected chi connectivity index (χ4v) is 2.70. The molecule has 7 heteroatoms. The molecule has 1 heterocycles. The number of halogens is 4. The molecule has 1 aromatic heterocycles. The molecule has 1 aromatic rings. The Morgan fingerprint density at radius 3 is 2.76 bits per heavy atom. The van der Waals surface area contributed by atoms with Crippen LogP contribution in [0, 0.1) is 18.8 Å². The first-order valence-corrected chi connectivity index (χ1v) is 7.15. The summed E-state index contributed by atoms with van der Waals surface area (Å²) in [5, 5.41) is 2.96. The quantitative estimate of drug-likeness (QED) is 0.823. The van der Waals surface area contributed by atoms with E-state index in [0.717, 1.165) is 0 Å². The van der Waals surface area contributed by atoms with Gasteiger partial charge in [-0.05, 0) is 37.8 Å². The number of hydrogen-bond donors (Lipinski definition) is 1. The number of aryl methyl sites for hydroxylation is 1. The lowest BCUT2D eigenvalue weighted by atomic mass is 9.80. The normalized spacial score (nSPS) is 22.9. The number of nitrogens with one attached hydrogen (secondary N) is 1. The fourth-order valence-electron chi connectivity index (χ4n) is 2.60. The zero-order chi connectivity index (χ0) is 15.6. The van der Waals surface area contributed by atoms with Crippen LogP contribution >= 0.6 is 11.6 Å². The first kappa shape index (κ1) is 16.1. The van der Waals surface area contributed by atoms with Crippen molar-refractivity contribution in [2.75, 3.05) is 5.32 Å². The van der Waals surface area contributed by atoms with Crippen LogP contribution in [0.5, 0.6) is 0 Å². The molecule has 21 heavy (non-hydrogen) atoms. The Bertz CT molecular complexity index is 533. The van der Waals surface area contributed by atoms with Crippen molar-refractivity contribution in [3.8, 4) is 0 Å². The van der Waals surface area contributed by atoms with Crippen molar-refractivity contribution < 1.29 is 18.0 Å². The summed E-state index contributed by atoms with van der Waals surface area (Å²) >= 11 is 5.79. The van der Waals surface area contributed by atoms with Crippen molar-refractivity contribution in [1.29, 1.82) is 0 Å². The lowest BCUT2D eigenvalue weighted by Crippen LogP contribution is -2.34. The highest BCUT2D eigenvalue weighted by molar-refractivity contribution is 6.30. The van der Waals surface area contributed by atoms with Crippen LogP contribution in [0.4, 0.5) is 18.9 Å². The number of rotatable bonds is 2. The van der Waals surface area contributed by atoms with Crippen molar-refractivity contribution in [3.63, 3.8) is 0 Å². The Kier molecular flexibility index (Phi) is 4.76. The van der Waals surface area contributed by atoms with Crippen molar-refractivity contribution in [1.82, 2.24) is 4.98 Å². The van der Waals surface area contributed by atoms with Gasteiger partial charge in [-0.3, -0.25) is 4.79 Å². The summed E-state index contributed by atoms with van der Waals surface area (Å²) in [5.74, 6) is -2.37. The molecular weight excluding hydrogens is 305 g/mol. The summed E-state index contributed by atoms with van der Waals surface area (Å²) in [7, 11) is 0. The molecule has 0 aliphatic heterocycles. The van der Waals surface area contributed by atoms with E-state index < -0.39 is 18.0 Å². The van der Waals surface area contributed by atoms with Crippen LogP contribution in [0.15, 0.2) is 12.3 Å². The lowest BCUT2D eigenvalue weighted by molar-refractivity contribution is -0.185. The molecule has 116 valence electrons. The number of aromatic nitrogens is 1. The van der Waals surface area contributed by atoms with Gasteiger partial charge in [-0.25, -0.2) is 4.98 Å². The van der Waals surface area contributed by atoms with Crippen LogP contribution < -0.4 is 5.32 Å². The summed E-state index contributed by atoms with van der Waals surface area (Å²) in [5.41, 5.74) is 1.15. The van der Waals surface area contributed by atoms with Crippen LogP contribution in [0.1, 0.15) is 31.2 Å². The molecule has 1 amide bonds. The molecule has 0 bridgehead atoms. The van der Waals surface area contributed by atoms with Crippen LogP contribution in [-0.2, 0) is 4.79 Å². The minimum atomic E-state index is -4.22. The zero-order valence-electron chi connectivity index (χ0n) is 11.5. The second-order valence-electron chi connectivity index (χ2n) is 5.42. The number of pyridine rings is 1. The Hall–Kier alpha value is -1.30. The Balaban J connectivity index is 2.01. The van der Waals surface area contributed by atoms with E-state index >= 15 is 0 Å². The van der Waals surface area contributed by atoms with E-state index in [1.54, 1.807) is 13.0 Å². The molecule has 1 saturated carbocycles. The summed E-state index contributed by atoms with van der Waals surface area (Å²) < 4.78 is 38.2. The molecule has 1 aliphatic rings. The zero-order valence-corrected chi connectivity index (χ0v) is 12.3. The Morgan fingerprint density at radius 1 is 1.43 bits per heavy atom. The van der Waals surface area contributed by atoms with Gasteiger partial charge < -0.3 is 5.32 Å². The molecule has 1 fully saturated rings. The predicted molar refractivity (Wildman–Crippen MR) is 74.1 cm³/mol. The first-order chi connectivity index (χ1) is 9.77. The summed E-state index contributed by atoms with van der Waals surface area (Å²) in [6.45, 7) is 1.74. The third kappa shape index (κ3) is 4.09. The molecule has 3 nitrogen and oxygen atoms in total. The van der Waals surface area contributed by atoms with Crippen LogP contribution in [0.2, 0.25) is 5.15 Å². The van der Waals surface area contributed by atoms with Gasteiger partial charge in [0.05, 0.1) is 17.8 Å². The van der Waals surface area contributed by atoms with Crippen LogP contribution in [0.25, 0.3) is 0 Å². The highest BCUT2D eigenvalue weighted by Crippen LogP contribution is 2.40. The SMILES string of the molecule is Cc1cc(NC(=O)C2CCCC(C(F)(F)F)C2)cnc1Cl. The average molecular weight is 321 g/mol. The van der Waals surface area contributed by atoms with Gasteiger partial charge in [0.2, 0.25) is 5.91 Å². The van der Waals surface area contributed by atoms with Gasteiger partial charge in [-0.15, -0.1) is 0 Å². The number of nitrogens with zero attached hydrogens (tertiary/aromatic N) is 1. The Labute approximate surface area is 125 Å². The Morgan fingerprint density at radius 2 is 2.14 bits per heavy atom. The largest absolute Gasteiger partial charge is 0.391 e. The fraction of sp³-hybridized carbons (Fsp3) is 0.571. The van der Waals surface area contributed by atoms with E-state index in [1.165, 1.54) is 6.20 Å². The molecule has 1 aliphatic carbocycles. The highest BCUT2D eigenvalue weighted by Gasteiger charge is 2.43. The van der Waals surface area contributed by atoms with Gasteiger partial charge in [0.15, 0.2) is 0 Å². The smallest absolute Gasteiger partial charge is 0.324 e. The standard InChI is InChI=1S/C14H16ClF3N2O/c1-8-5-11(7-19-12(8)15)20-13(21)9-3-2-4-10(6-9)14(16,17)18/h5,7,9-10H,2-4,6H2,1H3,(H,20,21). The monoisotopic (exact) mass is 320 g/mol. The van der Waals surface area contributed by atoms with Crippen molar-refractivity contribution in [3.05, 3.63) is 23.0 Å². The molecule has 0 aromatic carbocycles. The minimum Gasteiger partial charge on any atom is -0.324 e. The number of amides is 1. The van der Waals surface area contributed by atoms with Gasteiger partial charge >= 0.3 is 6.18 Å². The van der Waals surface area contributed by atoms with E-state index in [0.29, 0.717) is 29.2 Å². The van der Waals surface area contributed by atoms with Crippen molar-refractivity contribution in [2.45, 2.75) is 38.8 Å². The van der Waals surface area contributed by atoms with E-state index in [-0.39, 0.29) is 18.7 Å². The molecule has 0 radical (unpaired) electrons. The van der Waals surface area contributed by atoms with Crippen molar-refractivity contribution in [2.24, 2.45) is 11.8 Å². The second kappa shape index (κ2) is 6.22. The van der Waals surface area contributed by atoms with Gasteiger partial charge in [-0.1, -0.05) is 18.0 Å². The highest BCUT2D eigenvalue weighted by atomic mass is 35.5. The third-order valence-electron chi connectivity index (χ3n) is 3.79. The minimum absolute atomic E-state index is 0.106. The van der Waals surface area contributed by atoms with E-state index in [2.05, 4.69) is 10.3 Å². The summed E-state index contributed by atoms with van der Waals surface area (Å²) in [6, 6.07) is 1.65. The second-order valence-corrected chi connectivity index (χ2v) is 5.78. The molecule has 2 rings (SSSR count). The number of alkyl halides is 3. The maximum atomic E-state index is 12.7. The van der Waals surface area contributed by atoms with E-state index in [1.807, 2.05) is 0 Å².